The van der Waals surface area contributed by atoms with Crippen LogP contribution in [0, 0.1) is 0 Å². The van der Waals surface area contributed by atoms with Gasteiger partial charge in [0.25, 0.3) is 0 Å². The van der Waals surface area contributed by atoms with Gasteiger partial charge in [0, 0.05) is 32.6 Å². The van der Waals surface area contributed by atoms with Crippen LogP contribution in [0.2, 0.25) is 0 Å². The van der Waals surface area contributed by atoms with Gasteiger partial charge in [0.1, 0.15) is 11.2 Å². The number of nitrogens with zero attached hydrogens (tertiary/aromatic N) is 2. The summed E-state index contributed by atoms with van der Waals surface area (Å²) in [4.78, 5) is 0. The molecule has 0 saturated carbocycles. The molecule has 0 fully saturated rings. The van der Waals surface area contributed by atoms with E-state index in [-0.39, 0.29) is 0 Å². The summed E-state index contributed by atoms with van der Waals surface area (Å²) in [6.45, 7) is 0. The fraction of sp³-hybridized carbons (Fsp3) is 0. The average molecular weight is 651 g/mol. The minimum atomic E-state index is 0.887. The second kappa shape index (κ2) is 10.8. The Bertz CT molecular complexity index is 3140. The van der Waals surface area contributed by atoms with Gasteiger partial charge in [0.15, 0.2) is 0 Å². The van der Waals surface area contributed by atoms with Gasteiger partial charge >= 0.3 is 0 Å². The summed E-state index contributed by atoms with van der Waals surface area (Å²) in [5.41, 5.74) is 13.5. The molecule has 0 amide bonds. The predicted molar refractivity (Wildman–Crippen MR) is 213 cm³/mol. The van der Waals surface area contributed by atoms with E-state index in [1.807, 2.05) is 6.07 Å². The minimum Gasteiger partial charge on any atom is -0.456 e. The molecular formula is C48H30N2O. The fourth-order valence-corrected chi connectivity index (χ4v) is 8.29. The Balaban J connectivity index is 1.25. The molecule has 0 aliphatic rings. The van der Waals surface area contributed by atoms with Crippen LogP contribution in [-0.2, 0) is 0 Å². The topological polar surface area (TPSA) is 23.0 Å². The molecule has 0 atom stereocenters. The van der Waals surface area contributed by atoms with Crippen molar-refractivity contribution in [2.45, 2.75) is 0 Å². The SMILES string of the molecule is c1ccc(-c2cccc(-c3cccc(-n4c5ccccc5c5ccc6c7ccccc7n(-c7cccc8oc9ccccc9c78)c6c54)c3)c2)cc1. The third-order valence-electron chi connectivity index (χ3n) is 10.5. The van der Waals surface area contributed by atoms with Crippen LogP contribution in [0.25, 0.3) is 99.2 Å². The highest BCUT2D eigenvalue weighted by molar-refractivity contribution is 6.24. The summed E-state index contributed by atoms with van der Waals surface area (Å²) in [5, 5.41) is 7.14. The van der Waals surface area contributed by atoms with E-state index >= 15 is 0 Å². The molecule has 0 aliphatic carbocycles. The maximum atomic E-state index is 6.42. The molecule has 0 unspecified atom stereocenters. The molecule has 0 radical (unpaired) electrons. The summed E-state index contributed by atoms with van der Waals surface area (Å²) in [5.74, 6) is 0. The number of para-hydroxylation sites is 3. The lowest BCUT2D eigenvalue weighted by Crippen LogP contribution is -1.99. The normalized spacial score (nSPS) is 11.9. The van der Waals surface area contributed by atoms with Crippen LogP contribution in [0.4, 0.5) is 0 Å². The van der Waals surface area contributed by atoms with E-state index in [1.165, 1.54) is 65.9 Å². The zero-order valence-electron chi connectivity index (χ0n) is 27.6. The standard InChI is InChI=1S/C48H30N2O/c1-2-13-31(14-3-1)32-15-10-16-33(29-32)34-17-11-18-35(30-34)49-41-22-7-4-19-36(41)38-27-28-39-37-20-5-8-23-42(37)50(48(39)47(38)49)43-24-12-26-45-46(43)40-21-6-9-25-44(40)51-45/h1-30H. The second-order valence-electron chi connectivity index (χ2n) is 13.3. The first-order valence-corrected chi connectivity index (χ1v) is 17.4. The third kappa shape index (κ3) is 4.12. The number of hydrogen-bond acceptors (Lipinski definition) is 1. The molecule has 11 rings (SSSR count). The largest absolute Gasteiger partial charge is 0.456 e. The van der Waals surface area contributed by atoms with Gasteiger partial charge in [-0.1, -0.05) is 133 Å². The lowest BCUT2D eigenvalue weighted by atomic mass is 9.99. The van der Waals surface area contributed by atoms with Crippen molar-refractivity contribution in [1.29, 1.82) is 0 Å². The average Bonchev–Trinajstić information content (AvgIpc) is 3.86. The highest BCUT2D eigenvalue weighted by Crippen LogP contribution is 2.44. The van der Waals surface area contributed by atoms with Crippen molar-refractivity contribution in [3.63, 3.8) is 0 Å². The van der Waals surface area contributed by atoms with E-state index < -0.39 is 0 Å². The van der Waals surface area contributed by atoms with Crippen LogP contribution in [0.3, 0.4) is 0 Å². The van der Waals surface area contributed by atoms with Gasteiger partial charge in [-0.2, -0.15) is 0 Å². The molecule has 0 aliphatic heterocycles. The van der Waals surface area contributed by atoms with Gasteiger partial charge in [-0.15, -0.1) is 0 Å². The Hall–Kier alpha value is -6.84. The van der Waals surface area contributed by atoms with Gasteiger partial charge in [-0.3, -0.25) is 0 Å². The summed E-state index contributed by atoms with van der Waals surface area (Å²) in [7, 11) is 0. The zero-order valence-corrected chi connectivity index (χ0v) is 27.6. The Labute approximate surface area is 293 Å². The Morgan fingerprint density at radius 3 is 1.63 bits per heavy atom. The quantitative estimate of drug-likeness (QED) is 0.186. The molecule has 238 valence electrons. The molecule has 0 N–H and O–H groups in total. The van der Waals surface area contributed by atoms with Crippen LogP contribution in [0.1, 0.15) is 0 Å². The van der Waals surface area contributed by atoms with E-state index in [1.54, 1.807) is 0 Å². The maximum absolute atomic E-state index is 6.42. The number of benzene rings is 8. The van der Waals surface area contributed by atoms with Crippen molar-refractivity contribution < 1.29 is 4.42 Å². The van der Waals surface area contributed by atoms with Gasteiger partial charge in [0.05, 0.1) is 33.1 Å². The smallest absolute Gasteiger partial charge is 0.137 e. The van der Waals surface area contributed by atoms with Gasteiger partial charge in [0.2, 0.25) is 0 Å². The van der Waals surface area contributed by atoms with Crippen molar-refractivity contribution in [3.05, 3.63) is 182 Å². The number of hydrogen-bond donors (Lipinski definition) is 0. The molecule has 0 spiro atoms. The molecule has 3 heteroatoms. The highest BCUT2D eigenvalue weighted by Gasteiger charge is 2.23. The Kier molecular flexibility index (Phi) is 5.96. The first-order valence-electron chi connectivity index (χ1n) is 17.4. The van der Waals surface area contributed by atoms with Crippen LogP contribution in [0.15, 0.2) is 186 Å². The van der Waals surface area contributed by atoms with E-state index in [0.29, 0.717) is 0 Å². The second-order valence-corrected chi connectivity index (χ2v) is 13.3. The Morgan fingerprint density at radius 1 is 0.333 bits per heavy atom. The van der Waals surface area contributed by atoms with Crippen molar-refractivity contribution in [1.82, 2.24) is 9.13 Å². The molecule has 11 aromatic rings. The van der Waals surface area contributed by atoms with Crippen LogP contribution in [-0.4, -0.2) is 9.13 Å². The van der Waals surface area contributed by atoms with E-state index in [2.05, 4.69) is 185 Å². The van der Waals surface area contributed by atoms with Crippen molar-refractivity contribution in [2.75, 3.05) is 0 Å². The molecule has 8 aromatic carbocycles. The van der Waals surface area contributed by atoms with E-state index in [4.69, 9.17) is 4.42 Å². The summed E-state index contributed by atoms with van der Waals surface area (Å²) in [6.07, 6.45) is 0. The molecule has 0 saturated heterocycles. The molecule has 0 bridgehead atoms. The first kappa shape index (κ1) is 28.0. The summed E-state index contributed by atoms with van der Waals surface area (Å²) >= 11 is 0. The van der Waals surface area contributed by atoms with E-state index in [9.17, 15) is 0 Å². The minimum absolute atomic E-state index is 0.887. The van der Waals surface area contributed by atoms with Crippen LogP contribution < -0.4 is 0 Å². The first-order chi connectivity index (χ1) is 25.3. The van der Waals surface area contributed by atoms with Crippen molar-refractivity contribution in [3.8, 4) is 33.6 Å². The fourth-order valence-electron chi connectivity index (χ4n) is 8.29. The van der Waals surface area contributed by atoms with Crippen LogP contribution >= 0.6 is 0 Å². The van der Waals surface area contributed by atoms with E-state index in [0.717, 1.165) is 33.3 Å². The summed E-state index contributed by atoms with van der Waals surface area (Å²) < 4.78 is 11.4. The molecule has 3 nitrogen and oxygen atoms in total. The number of rotatable bonds is 4. The lowest BCUT2D eigenvalue weighted by molar-refractivity contribution is 0.669. The van der Waals surface area contributed by atoms with Crippen molar-refractivity contribution >= 4 is 65.6 Å². The third-order valence-corrected chi connectivity index (χ3v) is 10.5. The molecule has 3 aromatic heterocycles. The number of aromatic nitrogens is 2. The number of fused-ring (bicyclic) bond motifs is 10. The maximum Gasteiger partial charge on any atom is 0.137 e. The van der Waals surface area contributed by atoms with Gasteiger partial charge in [-0.05, 0) is 70.8 Å². The Morgan fingerprint density at radius 2 is 0.863 bits per heavy atom. The van der Waals surface area contributed by atoms with Crippen LogP contribution in [0.5, 0.6) is 0 Å². The highest BCUT2D eigenvalue weighted by atomic mass is 16.3. The number of furan rings is 1. The molecule has 3 heterocycles. The predicted octanol–water partition coefficient (Wildman–Crippen LogP) is 13.1. The zero-order chi connectivity index (χ0) is 33.5. The lowest BCUT2D eigenvalue weighted by Gasteiger charge is -2.14. The summed E-state index contributed by atoms with van der Waals surface area (Å²) in [6, 6.07) is 65.5. The van der Waals surface area contributed by atoms with Gasteiger partial charge in [-0.25, -0.2) is 0 Å². The van der Waals surface area contributed by atoms with Crippen molar-refractivity contribution in [2.24, 2.45) is 0 Å². The molecule has 51 heavy (non-hydrogen) atoms. The van der Waals surface area contributed by atoms with Gasteiger partial charge < -0.3 is 13.6 Å². The monoisotopic (exact) mass is 650 g/mol. The molecular weight excluding hydrogens is 621 g/mol.